The van der Waals surface area contributed by atoms with Crippen molar-refractivity contribution >= 4 is 29.1 Å². The molecule has 0 fully saturated rings. The Morgan fingerprint density at radius 2 is 2.00 bits per heavy atom. The van der Waals surface area contributed by atoms with Crippen molar-refractivity contribution in [1.82, 2.24) is 10.6 Å². The van der Waals surface area contributed by atoms with Gasteiger partial charge in [-0.2, -0.15) is 0 Å². The van der Waals surface area contributed by atoms with E-state index in [4.69, 9.17) is 0 Å². The Bertz CT molecular complexity index is 714. The molecule has 0 saturated heterocycles. The molecule has 0 radical (unpaired) electrons. The van der Waals surface area contributed by atoms with Crippen LogP contribution in [0.15, 0.2) is 46.8 Å². The van der Waals surface area contributed by atoms with Gasteiger partial charge < -0.3 is 15.4 Å². The lowest BCUT2D eigenvalue weighted by atomic mass is 10.1. The van der Waals surface area contributed by atoms with Gasteiger partial charge in [0.2, 0.25) is 0 Å². The van der Waals surface area contributed by atoms with E-state index in [-0.39, 0.29) is 0 Å². The van der Waals surface area contributed by atoms with Crippen LogP contribution in [0.1, 0.15) is 24.3 Å². The summed E-state index contributed by atoms with van der Waals surface area (Å²) >= 11 is 1.80. The van der Waals surface area contributed by atoms with E-state index in [1.165, 1.54) is 12.0 Å². The summed E-state index contributed by atoms with van der Waals surface area (Å²) in [5.74, 6) is 1.34. The highest BCUT2D eigenvalue weighted by molar-refractivity contribution is 7.09. The zero-order valence-corrected chi connectivity index (χ0v) is 16.9. The van der Waals surface area contributed by atoms with Crippen molar-refractivity contribution in [1.29, 1.82) is 0 Å². The van der Waals surface area contributed by atoms with E-state index in [1.54, 1.807) is 11.3 Å². The van der Waals surface area contributed by atoms with Crippen LogP contribution in [0.5, 0.6) is 0 Å². The SMILES string of the molecule is CCNC(=NCc1ccc(NC(=O)OC)cc1)NCC(C)Cc1cccs1. The largest absolute Gasteiger partial charge is 0.453 e. The Balaban J connectivity index is 1.85. The van der Waals surface area contributed by atoms with E-state index in [0.717, 1.165) is 31.0 Å². The van der Waals surface area contributed by atoms with Crippen LogP contribution in [0, 0.1) is 5.92 Å². The number of methoxy groups -OCH3 is 1. The molecule has 1 heterocycles. The van der Waals surface area contributed by atoms with Crippen molar-refractivity contribution in [3.05, 3.63) is 52.2 Å². The zero-order chi connectivity index (χ0) is 19.5. The molecule has 3 N–H and O–H groups in total. The molecule has 0 saturated carbocycles. The molecule has 1 aromatic heterocycles. The fraction of sp³-hybridized carbons (Fsp3) is 0.400. The van der Waals surface area contributed by atoms with Crippen molar-refractivity contribution < 1.29 is 9.53 Å². The number of carbonyl (C=O) groups excluding carboxylic acids is 1. The average Bonchev–Trinajstić information content (AvgIpc) is 3.18. The first kappa shape index (κ1) is 20.8. The number of hydrogen-bond acceptors (Lipinski definition) is 4. The summed E-state index contributed by atoms with van der Waals surface area (Å²) in [6, 6.07) is 11.8. The third-order valence-corrected chi connectivity index (χ3v) is 4.80. The van der Waals surface area contributed by atoms with Crippen molar-refractivity contribution in [3.63, 3.8) is 0 Å². The first-order chi connectivity index (χ1) is 13.1. The van der Waals surface area contributed by atoms with E-state index >= 15 is 0 Å². The lowest BCUT2D eigenvalue weighted by Gasteiger charge is -2.15. The number of ether oxygens (including phenoxy) is 1. The highest BCUT2D eigenvalue weighted by Crippen LogP contribution is 2.14. The summed E-state index contributed by atoms with van der Waals surface area (Å²) in [5, 5.41) is 11.5. The van der Waals surface area contributed by atoms with Crippen LogP contribution in [-0.4, -0.2) is 32.3 Å². The number of carbonyl (C=O) groups is 1. The van der Waals surface area contributed by atoms with Crippen LogP contribution >= 0.6 is 11.3 Å². The number of hydrogen-bond donors (Lipinski definition) is 3. The molecule has 7 heteroatoms. The molecule has 0 aliphatic rings. The van der Waals surface area contributed by atoms with Crippen LogP contribution in [0.2, 0.25) is 0 Å². The second-order valence-electron chi connectivity index (χ2n) is 6.28. The van der Waals surface area contributed by atoms with Crippen LogP contribution in [0.25, 0.3) is 0 Å². The van der Waals surface area contributed by atoms with Gasteiger partial charge in [0.15, 0.2) is 5.96 Å². The van der Waals surface area contributed by atoms with Gasteiger partial charge in [0.25, 0.3) is 0 Å². The van der Waals surface area contributed by atoms with Crippen molar-refractivity contribution in [2.75, 3.05) is 25.5 Å². The van der Waals surface area contributed by atoms with Crippen molar-refractivity contribution in [2.45, 2.75) is 26.8 Å². The molecular weight excluding hydrogens is 360 g/mol. The van der Waals surface area contributed by atoms with E-state index in [1.807, 2.05) is 24.3 Å². The normalized spacial score (nSPS) is 12.3. The maximum Gasteiger partial charge on any atom is 0.411 e. The number of anilines is 1. The monoisotopic (exact) mass is 388 g/mol. The molecular formula is C20H28N4O2S. The molecule has 0 bridgehead atoms. The minimum atomic E-state index is -0.476. The first-order valence-electron chi connectivity index (χ1n) is 9.09. The average molecular weight is 389 g/mol. The van der Waals surface area contributed by atoms with Gasteiger partial charge >= 0.3 is 6.09 Å². The molecule has 6 nitrogen and oxygen atoms in total. The van der Waals surface area contributed by atoms with Gasteiger partial charge in [0.05, 0.1) is 13.7 Å². The van der Waals surface area contributed by atoms with Crippen LogP contribution in [-0.2, 0) is 17.7 Å². The second kappa shape index (κ2) is 11.2. The maximum absolute atomic E-state index is 11.2. The summed E-state index contributed by atoms with van der Waals surface area (Å²) in [6.45, 7) is 6.54. The second-order valence-corrected chi connectivity index (χ2v) is 7.31. The lowest BCUT2D eigenvalue weighted by Crippen LogP contribution is -2.39. The summed E-state index contributed by atoms with van der Waals surface area (Å²) in [7, 11) is 1.34. The Morgan fingerprint density at radius 1 is 1.22 bits per heavy atom. The number of guanidine groups is 1. The van der Waals surface area contributed by atoms with E-state index in [0.29, 0.717) is 18.2 Å². The number of benzene rings is 1. The Labute approximate surface area is 165 Å². The highest BCUT2D eigenvalue weighted by Gasteiger charge is 2.06. The third-order valence-electron chi connectivity index (χ3n) is 3.90. The minimum absolute atomic E-state index is 0.476. The van der Waals surface area contributed by atoms with Crippen LogP contribution in [0.4, 0.5) is 10.5 Å². The van der Waals surface area contributed by atoms with Gasteiger partial charge in [-0.3, -0.25) is 5.32 Å². The lowest BCUT2D eigenvalue weighted by molar-refractivity contribution is 0.187. The smallest absolute Gasteiger partial charge is 0.411 e. The summed E-state index contributed by atoms with van der Waals surface area (Å²) in [4.78, 5) is 17.3. The van der Waals surface area contributed by atoms with E-state index in [2.05, 4.69) is 57.0 Å². The molecule has 27 heavy (non-hydrogen) atoms. The fourth-order valence-electron chi connectivity index (χ4n) is 2.49. The minimum Gasteiger partial charge on any atom is -0.453 e. The van der Waals surface area contributed by atoms with Crippen LogP contribution in [0.3, 0.4) is 0 Å². The summed E-state index contributed by atoms with van der Waals surface area (Å²) < 4.78 is 4.58. The molecule has 1 atom stereocenters. The molecule has 1 unspecified atom stereocenters. The molecule has 0 aliphatic heterocycles. The van der Waals surface area contributed by atoms with Gasteiger partial charge in [0.1, 0.15) is 0 Å². The molecule has 146 valence electrons. The van der Waals surface area contributed by atoms with Gasteiger partial charge in [-0.1, -0.05) is 25.1 Å². The van der Waals surface area contributed by atoms with E-state index in [9.17, 15) is 4.79 Å². The van der Waals surface area contributed by atoms with Gasteiger partial charge in [-0.15, -0.1) is 11.3 Å². The molecule has 2 rings (SSSR count). The third kappa shape index (κ3) is 7.70. The Kier molecular flexibility index (Phi) is 8.64. The number of aliphatic imine (C=N–C) groups is 1. The number of nitrogens with zero attached hydrogens (tertiary/aromatic N) is 1. The molecule has 1 aromatic carbocycles. The van der Waals surface area contributed by atoms with Gasteiger partial charge in [-0.05, 0) is 48.4 Å². The predicted molar refractivity (Wildman–Crippen MR) is 112 cm³/mol. The topological polar surface area (TPSA) is 74.8 Å². The fourth-order valence-corrected chi connectivity index (χ4v) is 3.36. The number of rotatable bonds is 8. The quantitative estimate of drug-likeness (QED) is 0.474. The summed E-state index contributed by atoms with van der Waals surface area (Å²) in [5.41, 5.74) is 1.76. The number of thiophene rings is 1. The number of nitrogens with one attached hydrogen (secondary N) is 3. The maximum atomic E-state index is 11.2. The molecule has 0 spiro atoms. The molecule has 2 aromatic rings. The molecule has 1 amide bonds. The highest BCUT2D eigenvalue weighted by atomic mass is 32.1. The van der Waals surface area contributed by atoms with Crippen molar-refractivity contribution in [2.24, 2.45) is 10.9 Å². The van der Waals surface area contributed by atoms with Gasteiger partial charge in [-0.25, -0.2) is 9.79 Å². The van der Waals surface area contributed by atoms with E-state index < -0.39 is 6.09 Å². The predicted octanol–water partition coefficient (Wildman–Crippen LogP) is 3.86. The van der Waals surface area contributed by atoms with Crippen LogP contribution < -0.4 is 16.0 Å². The summed E-state index contributed by atoms with van der Waals surface area (Å²) in [6.07, 6.45) is 0.592. The van der Waals surface area contributed by atoms with Gasteiger partial charge in [0, 0.05) is 23.7 Å². The molecule has 0 aliphatic carbocycles. The Morgan fingerprint density at radius 3 is 2.63 bits per heavy atom. The van der Waals surface area contributed by atoms with Crippen molar-refractivity contribution in [3.8, 4) is 0 Å². The number of amides is 1. The Hall–Kier alpha value is -2.54. The first-order valence-corrected chi connectivity index (χ1v) is 9.97. The standard InChI is InChI=1S/C20H28N4O2S/c1-4-21-19(22-13-15(2)12-18-6-5-11-27-18)23-14-16-7-9-17(10-8-16)24-20(25)26-3/h5-11,15H,4,12-14H2,1-3H3,(H,24,25)(H2,21,22,23). The zero-order valence-electron chi connectivity index (χ0n) is 16.1.